The molecular formula is C25H41NO4. The number of nitrogens with zero attached hydrogens (tertiary/aromatic N) is 1. The smallest absolute Gasteiger partial charge is 0.344 e. The van der Waals surface area contributed by atoms with E-state index in [1.165, 1.54) is 50.5 Å². The van der Waals surface area contributed by atoms with E-state index in [-0.39, 0.29) is 5.75 Å². The lowest BCUT2D eigenvalue weighted by molar-refractivity contribution is -0.142. The summed E-state index contributed by atoms with van der Waals surface area (Å²) in [4.78, 5) is 15.5. The van der Waals surface area contributed by atoms with Crippen LogP contribution in [0.5, 0.6) is 5.75 Å². The minimum atomic E-state index is -1.07. The summed E-state index contributed by atoms with van der Waals surface area (Å²) < 4.78 is 0. The predicted octanol–water partition coefficient (Wildman–Crippen LogP) is 7.01. The summed E-state index contributed by atoms with van der Waals surface area (Å²) in [5.41, 5.74) is 3.40. The molecule has 0 radical (unpaired) electrons. The minimum absolute atomic E-state index is 0.143. The molecule has 0 spiro atoms. The van der Waals surface area contributed by atoms with Gasteiger partial charge in [-0.05, 0) is 45.7 Å². The second kappa shape index (κ2) is 17.5. The number of aryl methyl sites for hydroxylation is 1. The average molecular weight is 420 g/mol. The van der Waals surface area contributed by atoms with Crippen molar-refractivity contribution in [1.29, 1.82) is 0 Å². The third-order valence-electron chi connectivity index (χ3n) is 4.34. The molecule has 0 amide bonds. The van der Waals surface area contributed by atoms with Gasteiger partial charge in [0.15, 0.2) is 0 Å². The Balaban J connectivity index is 0.00000192. The lowest BCUT2D eigenvalue weighted by Gasteiger charge is -2.10. The summed E-state index contributed by atoms with van der Waals surface area (Å²) in [6, 6.07) is 5.31. The molecule has 5 heteroatoms. The normalized spacial score (nSPS) is 10.9. The molecule has 0 aromatic heterocycles. The molecule has 30 heavy (non-hydrogen) atoms. The summed E-state index contributed by atoms with van der Waals surface area (Å²) in [6.07, 6.45) is 11.7. The average Bonchev–Trinajstić information content (AvgIpc) is 2.66. The van der Waals surface area contributed by atoms with Crippen molar-refractivity contribution in [3.8, 4) is 5.75 Å². The number of carbonyl (C=O) groups is 1. The molecule has 2 N–H and O–H groups in total. The number of carboxylic acid groups (broad SMARTS) is 1. The van der Waals surface area contributed by atoms with Gasteiger partial charge in [0.2, 0.25) is 6.61 Å². The highest BCUT2D eigenvalue weighted by Crippen LogP contribution is 2.22. The molecular weight excluding hydrogens is 378 g/mol. The number of carboxylic acids is 1. The van der Waals surface area contributed by atoms with E-state index < -0.39 is 12.6 Å². The zero-order valence-corrected chi connectivity index (χ0v) is 19.4. The first-order valence-corrected chi connectivity index (χ1v) is 11.1. The zero-order chi connectivity index (χ0) is 22.8. The highest BCUT2D eigenvalue weighted by molar-refractivity contribution is 6.02. The zero-order valence-electron chi connectivity index (χ0n) is 19.4. The molecule has 170 valence electrons. The standard InChI is InChI=1S/C21H33NO4.C4H8/c1-3-4-5-6-7-8-9-10-11-12-19(22-26-16-21(24)25)18-15-17(2)13-14-20(18)23;1-4(2)3/h13-15,23H,3-12,16H2,1-2H3,(H,24,25);1H2,2-3H3/b22-19+;. The van der Waals surface area contributed by atoms with E-state index in [1.54, 1.807) is 6.07 Å². The largest absolute Gasteiger partial charge is 0.507 e. The molecule has 0 atom stereocenters. The van der Waals surface area contributed by atoms with Crippen LogP contribution in [0.2, 0.25) is 0 Å². The van der Waals surface area contributed by atoms with Gasteiger partial charge in [0.25, 0.3) is 0 Å². The number of aromatic hydroxyl groups is 1. The molecule has 5 nitrogen and oxygen atoms in total. The van der Waals surface area contributed by atoms with Crippen LogP contribution in [0.4, 0.5) is 0 Å². The summed E-state index contributed by atoms with van der Waals surface area (Å²) in [6.45, 7) is 11.2. The highest BCUT2D eigenvalue weighted by atomic mass is 16.6. The van der Waals surface area contributed by atoms with Crippen molar-refractivity contribution >= 4 is 11.7 Å². The number of rotatable bonds is 14. The summed E-state index contributed by atoms with van der Waals surface area (Å²) in [5, 5.41) is 22.8. The fraction of sp³-hybridized carbons (Fsp3) is 0.600. The van der Waals surface area contributed by atoms with Crippen molar-refractivity contribution in [3.63, 3.8) is 0 Å². The van der Waals surface area contributed by atoms with Gasteiger partial charge in [0, 0.05) is 5.56 Å². The lowest BCUT2D eigenvalue weighted by atomic mass is 10.00. The molecule has 0 aliphatic heterocycles. The first kappa shape index (κ1) is 27.7. The second-order valence-corrected chi connectivity index (χ2v) is 8.01. The number of hydrogen-bond acceptors (Lipinski definition) is 4. The molecule has 0 fully saturated rings. The van der Waals surface area contributed by atoms with Gasteiger partial charge in [-0.2, -0.15) is 0 Å². The maximum Gasteiger partial charge on any atom is 0.344 e. The minimum Gasteiger partial charge on any atom is -0.507 e. The van der Waals surface area contributed by atoms with Gasteiger partial charge in [-0.15, -0.1) is 6.58 Å². The number of unbranched alkanes of at least 4 members (excludes halogenated alkanes) is 8. The van der Waals surface area contributed by atoms with E-state index >= 15 is 0 Å². The molecule has 0 bridgehead atoms. The third kappa shape index (κ3) is 15.6. The number of phenolic OH excluding ortho intramolecular Hbond substituents is 1. The maximum atomic E-state index is 10.6. The molecule has 0 saturated carbocycles. The van der Waals surface area contributed by atoms with Crippen LogP contribution in [0.1, 0.15) is 96.1 Å². The molecule has 1 aromatic carbocycles. The Morgan fingerprint density at radius 3 is 2.10 bits per heavy atom. The predicted molar refractivity (Wildman–Crippen MR) is 125 cm³/mol. The Morgan fingerprint density at radius 2 is 1.57 bits per heavy atom. The van der Waals surface area contributed by atoms with Crippen molar-refractivity contribution in [1.82, 2.24) is 0 Å². The molecule has 1 rings (SSSR count). The Bertz CT molecular complexity index is 649. The van der Waals surface area contributed by atoms with Crippen molar-refractivity contribution in [2.45, 2.75) is 91.9 Å². The third-order valence-corrected chi connectivity index (χ3v) is 4.34. The molecule has 1 aromatic rings. The van der Waals surface area contributed by atoms with Gasteiger partial charge < -0.3 is 15.1 Å². The van der Waals surface area contributed by atoms with Gasteiger partial charge in [-0.3, -0.25) is 0 Å². The number of oxime groups is 1. The van der Waals surface area contributed by atoms with Gasteiger partial charge in [-0.25, -0.2) is 4.79 Å². The van der Waals surface area contributed by atoms with E-state index in [0.717, 1.165) is 18.4 Å². The fourth-order valence-electron chi connectivity index (χ4n) is 2.88. The number of phenols is 1. The Hall–Kier alpha value is -2.30. The van der Waals surface area contributed by atoms with Crippen molar-refractivity contribution < 1.29 is 19.8 Å². The van der Waals surface area contributed by atoms with E-state index in [2.05, 4.69) is 18.7 Å². The van der Waals surface area contributed by atoms with Crippen molar-refractivity contribution in [2.24, 2.45) is 5.16 Å². The number of aliphatic carboxylic acids is 1. The molecule has 0 aliphatic carbocycles. The molecule has 0 heterocycles. The van der Waals surface area contributed by atoms with E-state index in [4.69, 9.17) is 9.94 Å². The van der Waals surface area contributed by atoms with E-state index in [1.807, 2.05) is 32.9 Å². The maximum absolute atomic E-state index is 10.6. The topological polar surface area (TPSA) is 79.1 Å². The quantitative estimate of drug-likeness (QED) is 0.147. The Labute approximate surface area is 182 Å². The first-order chi connectivity index (χ1) is 14.3. The van der Waals surface area contributed by atoms with Crippen molar-refractivity contribution in [2.75, 3.05) is 6.61 Å². The molecule has 0 aliphatic rings. The summed E-state index contributed by atoms with van der Waals surface area (Å²) in [7, 11) is 0. The van der Waals surface area contributed by atoms with Crippen LogP contribution >= 0.6 is 0 Å². The number of allylic oxidation sites excluding steroid dienone is 1. The molecule has 0 unspecified atom stereocenters. The number of benzene rings is 1. The van der Waals surface area contributed by atoms with Crippen LogP contribution in [0.25, 0.3) is 0 Å². The van der Waals surface area contributed by atoms with Crippen molar-refractivity contribution in [3.05, 3.63) is 41.5 Å². The van der Waals surface area contributed by atoms with Crippen LogP contribution in [-0.4, -0.2) is 28.5 Å². The first-order valence-electron chi connectivity index (χ1n) is 11.1. The second-order valence-electron chi connectivity index (χ2n) is 8.01. The van der Waals surface area contributed by atoms with E-state index in [9.17, 15) is 9.90 Å². The number of hydrogen-bond donors (Lipinski definition) is 2. The fourth-order valence-corrected chi connectivity index (χ4v) is 2.88. The summed E-state index contributed by atoms with van der Waals surface area (Å²) in [5.74, 6) is -0.922. The monoisotopic (exact) mass is 419 g/mol. The van der Waals surface area contributed by atoms with Gasteiger partial charge in [0.05, 0.1) is 5.71 Å². The van der Waals surface area contributed by atoms with E-state index in [0.29, 0.717) is 17.7 Å². The Kier molecular flexibility index (Phi) is 16.2. The van der Waals surface area contributed by atoms with Crippen LogP contribution in [0.15, 0.2) is 35.5 Å². The van der Waals surface area contributed by atoms with Gasteiger partial charge >= 0.3 is 5.97 Å². The lowest BCUT2D eigenvalue weighted by Crippen LogP contribution is -2.08. The van der Waals surface area contributed by atoms with Gasteiger partial charge in [0.1, 0.15) is 5.75 Å². The summed E-state index contributed by atoms with van der Waals surface area (Å²) >= 11 is 0. The van der Waals surface area contributed by atoms with Crippen LogP contribution in [0.3, 0.4) is 0 Å². The molecule has 0 saturated heterocycles. The van der Waals surface area contributed by atoms with Crippen LogP contribution in [0, 0.1) is 6.92 Å². The van der Waals surface area contributed by atoms with Crippen LogP contribution in [-0.2, 0) is 9.63 Å². The highest BCUT2D eigenvalue weighted by Gasteiger charge is 2.11. The SMILES string of the molecule is C=C(C)C.CCCCCCCCCCC/C(=N\OCC(=O)O)c1cc(C)ccc1O. The van der Waals surface area contributed by atoms with Gasteiger partial charge in [-0.1, -0.05) is 80.6 Å². The Morgan fingerprint density at radius 1 is 1.03 bits per heavy atom. The van der Waals surface area contributed by atoms with Crippen LogP contribution < -0.4 is 0 Å².